The Balaban J connectivity index is 1.47. The van der Waals surface area contributed by atoms with Gasteiger partial charge < -0.3 is 19.7 Å². The van der Waals surface area contributed by atoms with Crippen molar-refractivity contribution in [2.24, 2.45) is 0 Å². The topological polar surface area (TPSA) is 68.6 Å². The molecule has 1 amide bonds. The second-order valence-corrected chi connectivity index (χ2v) is 6.84. The summed E-state index contributed by atoms with van der Waals surface area (Å²) in [5.74, 6) is 0.633. The predicted molar refractivity (Wildman–Crippen MR) is 103 cm³/mol. The van der Waals surface area contributed by atoms with Gasteiger partial charge in [-0.15, -0.1) is 0 Å². The highest BCUT2D eigenvalue weighted by Gasteiger charge is 2.19. The molecule has 0 radical (unpaired) electrons. The molecule has 0 aliphatic carbocycles. The molecule has 1 aliphatic heterocycles. The first-order chi connectivity index (χ1) is 13.2. The lowest BCUT2D eigenvalue weighted by Gasteiger charge is -2.20. The van der Waals surface area contributed by atoms with Gasteiger partial charge in [-0.3, -0.25) is 4.79 Å². The normalized spacial score (nSPS) is 17.2. The Morgan fingerprint density at radius 1 is 1.33 bits per heavy atom. The monoisotopic (exact) mass is 372 g/mol. The second-order valence-electron chi connectivity index (χ2n) is 6.84. The van der Waals surface area contributed by atoms with E-state index in [9.17, 15) is 4.79 Å². The van der Waals surface area contributed by atoms with Crippen molar-refractivity contribution in [2.45, 2.75) is 32.2 Å². The van der Waals surface area contributed by atoms with Crippen LogP contribution in [-0.4, -0.2) is 60.2 Å². The molecule has 7 nitrogen and oxygen atoms in total. The predicted octanol–water partition coefficient (Wildman–Crippen LogP) is 2.46. The fourth-order valence-corrected chi connectivity index (χ4v) is 3.30. The summed E-state index contributed by atoms with van der Waals surface area (Å²) >= 11 is 0. The Morgan fingerprint density at radius 3 is 2.85 bits per heavy atom. The maximum Gasteiger partial charge on any atom is 0.256 e. The van der Waals surface area contributed by atoms with Crippen LogP contribution in [0.1, 0.15) is 36.5 Å². The third-order valence-electron chi connectivity index (χ3n) is 4.87. The largest absolute Gasteiger partial charge is 0.494 e. The third-order valence-corrected chi connectivity index (χ3v) is 4.87. The highest BCUT2D eigenvalue weighted by atomic mass is 16.5. The molecule has 2 heterocycles. The number of nitrogens with zero attached hydrogens (tertiary/aromatic N) is 3. The summed E-state index contributed by atoms with van der Waals surface area (Å²) in [4.78, 5) is 14.4. The molecule has 1 atom stereocenters. The van der Waals surface area contributed by atoms with Crippen LogP contribution in [0.2, 0.25) is 0 Å². The summed E-state index contributed by atoms with van der Waals surface area (Å²) in [7, 11) is 1.53. The molecule has 1 N–H and O–H groups in total. The number of carbonyl (C=O) groups excluding carboxylic acids is 1. The average Bonchev–Trinajstić information content (AvgIpc) is 3.33. The molecule has 1 fully saturated rings. The summed E-state index contributed by atoms with van der Waals surface area (Å²) in [5.41, 5.74) is 1.36. The van der Waals surface area contributed by atoms with Crippen molar-refractivity contribution in [2.75, 3.05) is 33.5 Å². The number of nitrogens with one attached hydrogen (secondary N) is 1. The van der Waals surface area contributed by atoms with E-state index in [0.717, 1.165) is 24.4 Å². The lowest BCUT2D eigenvalue weighted by atomic mass is 10.2. The molecule has 3 rings (SSSR count). The quantitative estimate of drug-likeness (QED) is 0.541. The Morgan fingerprint density at radius 2 is 2.15 bits per heavy atom. The van der Waals surface area contributed by atoms with Crippen molar-refractivity contribution in [1.82, 2.24) is 20.0 Å². The summed E-state index contributed by atoms with van der Waals surface area (Å²) in [6.45, 7) is 5.50. The molecular formula is C20H28N4O3. The number of amides is 1. The standard InChI is InChI=1S/C20H28N4O3/c1-16-5-3-10-23(16)11-4-12-27-19-8-6-18(7-9-19)24-14-17(13-22-24)20(25)21-15-26-2/h6-9,13-14,16H,3-5,10-12,15H2,1-2H3,(H,21,25)/t16-/m1/s1. The van der Waals surface area contributed by atoms with Crippen LogP contribution in [0.25, 0.3) is 5.69 Å². The van der Waals surface area contributed by atoms with E-state index >= 15 is 0 Å². The van der Waals surface area contributed by atoms with Crippen LogP contribution in [-0.2, 0) is 4.74 Å². The molecule has 0 unspecified atom stereocenters. The Kier molecular flexibility index (Phi) is 6.84. The number of hydrogen-bond donors (Lipinski definition) is 1. The van der Waals surface area contributed by atoms with Crippen LogP contribution in [0.4, 0.5) is 0 Å². The minimum Gasteiger partial charge on any atom is -0.494 e. The summed E-state index contributed by atoms with van der Waals surface area (Å²) in [5, 5.41) is 6.88. The molecule has 1 aromatic carbocycles. The van der Waals surface area contributed by atoms with Gasteiger partial charge in [0, 0.05) is 25.9 Å². The van der Waals surface area contributed by atoms with Crippen molar-refractivity contribution in [3.8, 4) is 11.4 Å². The molecule has 1 saturated heterocycles. The Labute approximate surface area is 160 Å². The van der Waals surface area contributed by atoms with Crippen molar-refractivity contribution in [3.05, 3.63) is 42.2 Å². The zero-order valence-corrected chi connectivity index (χ0v) is 16.1. The van der Waals surface area contributed by atoms with Crippen LogP contribution < -0.4 is 10.1 Å². The SMILES string of the molecule is COCNC(=O)c1cnn(-c2ccc(OCCCN3CCC[C@H]3C)cc2)c1. The molecule has 7 heteroatoms. The van der Waals surface area contributed by atoms with Crippen molar-refractivity contribution >= 4 is 5.91 Å². The minimum absolute atomic E-state index is 0.173. The fourth-order valence-electron chi connectivity index (χ4n) is 3.30. The Bertz CT molecular complexity index is 729. The van der Waals surface area contributed by atoms with E-state index in [1.807, 2.05) is 24.3 Å². The number of benzene rings is 1. The van der Waals surface area contributed by atoms with E-state index < -0.39 is 0 Å². The number of hydrogen-bond acceptors (Lipinski definition) is 5. The number of ether oxygens (including phenoxy) is 2. The van der Waals surface area contributed by atoms with Gasteiger partial charge in [0.1, 0.15) is 12.5 Å². The van der Waals surface area contributed by atoms with E-state index in [4.69, 9.17) is 9.47 Å². The smallest absolute Gasteiger partial charge is 0.256 e. The number of aromatic nitrogens is 2. The highest BCUT2D eigenvalue weighted by molar-refractivity contribution is 5.93. The maximum absolute atomic E-state index is 11.9. The zero-order valence-electron chi connectivity index (χ0n) is 16.1. The second kappa shape index (κ2) is 9.53. The number of carbonyl (C=O) groups is 1. The number of methoxy groups -OCH3 is 1. The molecule has 27 heavy (non-hydrogen) atoms. The first-order valence-electron chi connectivity index (χ1n) is 9.46. The van der Waals surface area contributed by atoms with Crippen molar-refractivity contribution in [3.63, 3.8) is 0 Å². The number of rotatable bonds is 9. The van der Waals surface area contributed by atoms with E-state index in [0.29, 0.717) is 18.2 Å². The van der Waals surface area contributed by atoms with Gasteiger partial charge in [-0.05, 0) is 57.0 Å². The highest BCUT2D eigenvalue weighted by Crippen LogP contribution is 2.18. The van der Waals surface area contributed by atoms with Gasteiger partial charge in [0.15, 0.2) is 0 Å². The average molecular weight is 372 g/mol. The summed E-state index contributed by atoms with van der Waals surface area (Å²) in [6.07, 6.45) is 6.89. The van der Waals surface area contributed by atoms with Crippen LogP contribution in [0.5, 0.6) is 5.75 Å². The van der Waals surface area contributed by atoms with Crippen LogP contribution in [0.3, 0.4) is 0 Å². The van der Waals surface area contributed by atoms with Crippen LogP contribution in [0.15, 0.2) is 36.7 Å². The van der Waals surface area contributed by atoms with E-state index in [1.165, 1.54) is 32.7 Å². The van der Waals surface area contributed by atoms with E-state index in [1.54, 1.807) is 10.9 Å². The molecule has 0 saturated carbocycles. The van der Waals surface area contributed by atoms with Crippen molar-refractivity contribution < 1.29 is 14.3 Å². The van der Waals surface area contributed by atoms with Gasteiger partial charge in [0.05, 0.1) is 24.1 Å². The summed E-state index contributed by atoms with van der Waals surface area (Å²) in [6, 6.07) is 8.43. The third kappa shape index (κ3) is 5.30. The van der Waals surface area contributed by atoms with Crippen molar-refractivity contribution in [1.29, 1.82) is 0 Å². The molecule has 146 valence electrons. The van der Waals surface area contributed by atoms with E-state index in [-0.39, 0.29) is 12.6 Å². The van der Waals surface area contributed by atoms with Gasteiger partial charge in [0.2, 0.25) is 0 Å². The van der Waals surface area contributed by atoms with Crippen LogP contribution in [0, 0.1) is 0 Å². The first kappa shape index (κ1) is 19.4. The molecule has 1 aliphatic rings. The Hall–Kier alpha value is -2.38. The van der Waals surface area contributed by atoms with Gasteiger partial charge in [-0.2, -0.15) is 5.10 Å². The van der Waals surface area contributed by atoms with Crippen LogP contribution >= 0.6 is 0 Å². The zero-order chi connectivity index (χ0) is 19.1. The molecule has 2 aromatic rings. The molecule has 0 spiro atoms. The maximum atomic E-state index is 11.9. The molecule has 1 aromatic heterocycles. The summed E-state index contributed by atoms with van der Waals surface area (Å²) < 4.78 is 12.3. The van der Waals surface area contributed by atoms with Gasteiger partial charge >= 0.3 is 0 Å². The molecule has 0 bridgehead atoms. The van der Waals surface area contributed by atoms with Gasteiger partial charge in [-0.1, -0.05) is 0 Å². The van der Waals surface area contributed by atoms with E-state index in [2.05, 4.69) is 22.2 Å². The van der Waals surface area contributed by atoms with Gasteiger partial charge in [-0.25, -0.2) is 4.68 Å². The fraction of sp³-hybridized carbons (Fsp3) is 0.500. The number of likely N-dealkylation sites (tertiary alicyclic amines) is 1. The lowest BCUT2D eigenvalue weighted by molar-refractivity contribution is 0.0872. The lowest BCUT2D eigenvalue weighted by Crippen LogP contribution is -2.28. The van der Waals surface area contributed by atoms with Gasteiger partial charge in [0.25, 0.3) is 5.91 Å². The molecular weight excluding hydrogens is 344 g/mol. The first-order valence-corrected chi connectivity index (χ1v) is 9.46. The minimum atomic E-state index is -0.213.